The van der Waals surface area contributed by atoms with Gasteiger partial charge in [-0.05, 0) is 88.3 Å². The minimum absolute atomic E-state index is 0.0160. The van der Waals surface area contributed by atoms with Crippen molar-refractivity contribution in [2.24, 2.45) is 11.7 Å². The van der Waals surface area contributed by atoms with Gasteiger partial charge in [0.15, 0.2) is 5.82 Å². The number of nitrogens with one attached hydrogen (secondary N) is 6. The number of anilines is 1. The molecular formula is C56H76N12O17. The fourth-order valence-corrected chi connectivity index (χ4v) is 7.45. The molecule has 1 heterocycles. The van der Waals surface area contributed by atoms with Gasteiger partial charge in [-0.1, -0.05) is 50.2 Å². The molecule has 0 aliphatic heterocycles. The van der Waals surface area contributed by atoms with E-state index in [0.29, 0.717) is 49.3 Å². The highest BCUT2D eigenvalue weighted by molar-refractivity contribution is 5.99. The van der Waals surface area contributed by atoms with Crippen molar-refractivity contribution in [3.8, 4) is 17.1 Å². The molecule has 4 rings (SSSR count). The lowest BCUT2D eigenvalue weighted by molar-refractivity contribution is -0.384. The first-order chi connectivity index (χ1) is 40.5. The first-order valence-electron chi connectivity index (χ1n) is 27.4. The van der Waals surface area contributed by atoms with Crippen LogP contribution in [0, 0.1) is 23.0 Å². The molecule has 85 heavy (non-hydrogen) atoms. The zero-order valence-electron chi connectivity index (χ0n) is 48.5. The van der Waals surface area contributed by atoms with Crippen molar-refractivity contribution >= 4 is 59.1 Å². The number of carbonyl (C=O) groups is 8. The molecule has 0 bridgehead atoms. The van der Waals surface area contributed by atoms with Gasteiger partial charge in [0, 0.05) is 49.3 Å². The van der Waals surface area contributed by atoms with Gasteiger partial charge in [-0.25, -0.2) is 9.59 Å². The normalized spacial score (nSPS) is 12.2. The number of esters is 1. The Morgan fingerprint density at radius 3 is 1.81 bits per heavy atom. The number of nitrogens with two attached hydrogens (primary N) is 1. The number of primary amides is 1. The van der Waals surface area contributed by atoms with Crippen LogP contribution < -0.4 is 42.4 Å². The highest BCUT2D eigenvalue weighted by atomic mass is 16.7. The minimum Gasteiger partial charge on any atom is -0.460 e. The largest absolute Gasteiger partial charge is 0.514 e. The Labute approximate surface area is 491 Å². The van der Waals surface area contributed by atoms with Crippen LogP contribution >= 0.6 is 0 Å². The highest BCUT2D eigenvalue weighted by Gasteiger charge is 2.32. The molecule has 0 aliphatic rings. The Hall–Kier alpha value is -8.80. The van der Waals surface area contributed by atoms with E-state index in [1.54, 1.807) is 65.8 Å². The average Bonchev–Trinajstić information content (AvgIpc) is 3.64. The van der Waals surface area contributed by atoms with Crippen molar-refractivity contribution in [3.05, 3.63) is 99.9 Å². The van der Waals surface area contributed by atoms with Gasteiger partial charge in [0.25, 0.3) is 5.69 Å². The molecule has 29 heteroatoms. The van der Waals surface area contributed by atoms with E-state index in [1.165, 1.54) is 36.4 Å². The third-order valence-corrected chi connectivity index (χ3v) is 11.7. The number of nitro benzene ring substituents is 1. The number of rotatable bonds is 37. The summed E-state index contributed by atoms with van der Waals surface area (Å²) >= 11 is 0. The van der Waals surface area contributed by atoms with Crippen molar-refractivity contribution in [2.75, 3.05) is 71.3 Å². The molecule has 7 amide bonds. The fourth-order valence-electron chi connectivity index (χ4n) is 7.45. The predicted molar refractivity (Wildman–Crippen MR) is 304 cm³/mol. The number of hydrogen-bond donors (Lipinski definition) is 7. The van der Waals surface area contributed by atoms with Gasteiger partial charge in [0.1, 0.15) is 36.1 Å². The molecule has 0 saturated carbocycles. The molecular weight excluding hydrogens is 1110 g/mol. The lowest BCUT2D eigenvalue weighted by atomic mass is 10.0. The quantitative estimate of drug-likeness (QED) is 0.0112. The van der Waals surface area contributed by atoms with E-state index in [-0.39, 0.29) is 102 Å². The summed E-state index contributed by atoms with van der Waals surface area (Å²) in [5.41, 5.74) is 6.58. The molecule has 0 spiro atoms. The number of carbonyl (C=O) groups excluding carboxylic acids is 8. The van der Waals surface area contributed by atoms with Gasteiger partial charge in [-0.15, -0.1) is 20.4 Å². The Morgan fingerprint density at radius 2 is 1.22 bits per heavy atom. The van der Waals surface area contributed by atoms with Crippen LogP contribution in [0.2, 0.25) is 0 Å². The van der Waals surface area contributed by atoms with Crippen LogP contribution in [0.1, 0.15) is 83.7 Å². The predicted octanol–water partition coefficient (Wildman–Crippen LogP) is 3.30. The van der Waals surface area contributed by atoms with E-state index >= 15 is 0 Å². The Kier molecular flexibility index (Phi) is 29.7. The molecule has 29 nitrogen and oxygen atoms in total. The number of ether oxygens (including phenoxy) is 7. The number of non-ortho nitro benzene ring substituents is 1. The first-order valence-corrected chi connectivity index (χ1v) is 27.4. The van der Waals surface area contributed by atoms with Crippen molar-refractivity contribution < 1.29 is 76.4 Å². The van der Waals surface area contributed by atoms with Crippen LogP contribution in [0.5, 0.6) is 5.75 Å². The standard InChI is InChI=1S/C56H76N12O17/c1-36(2)49(53(74)62-44(8-7-24-59-54(57)75)51(72)60-41-15-11-39(12-16-41)35-83-55(76)84-43-19-17-42(18-20-43)68(77)78)63-52(73)45(21-22-48(71)85-56(4,5)6)61-46(69)23-26-79-28-30-81-32-33-82-31-29-80-27-25-58-47(70)34-38-9-13-40(14-10-38)50-66-64-37(3)65-67-50/h9-20,36,44-45,49H,7-8,21-35H2,1-6H3,(H,58,70)(H,60,72)(H,61,69)(H,62,74)(H,63,73)(H3,57,59,75)/t44-,45-,49-/m0/s1. The molecule has 0 aliphatic carbocycles. The minimum atomic E-state index is -1.30. The van der Waals surface area contributed by atoms with E-state index < -0.39 is 76.4 Å². The molecule has 3 aromatic carbocycles. The summed E-state index contributed by atoms with van der Waals surface area (Å²) in [6.07, 6.45) is -1.25. The van der Waals surface area contributed by atoms with E-state index in [2.05, 4.69) is 52.3 Å². The summed E-state index contributed by atoms with van der Waals surface area (Å²) in [7, 11) is 0. The topological polar surface area (TPSA) is 394 Å². The molecule has 8 N–H and O–H groups in total. The second-order valence-electron chi connectivity index (χ2n) is 20.2. The van der Waals surface area contributed by atoms with Gasteiger partial charge < -0.3 is 70.8 Å². The van der Waals surface area contributed by atoms with Crippen LogP contribution in [-0.4, -0.2) is 163 Å². The lowest BCUT2D eigenvalue weighted by Crippen LogP contribution is -2.58. The van der Waals surface area contributed by atoms with Crippen LogP contribution in [0.15, 0.2) is 72.8 Å². The number of nitro groups is 1. The van der Waals surface area contributed by atoms with Crippen molar-refractivity contribution in [1.82, 2.24) is 47.0 Å². The summed E-state index contributed by atoms with van der Waals surface area (Å²) in [4.78, 5) is 114. The zero-order chi connectivity index (χ0) is 62.2. The summed E-state index contributed by atoms with van der Waals surface area (Å²) in [6, 6.07) is 13.7. The van der Waals surface area contributed by atoms with E-state index in [4.69, 9.17) is 38.9 Å². The highest BCUT2D eigenvalue weighted by Crippen LogP contribution is 2.20. The van der Waals surface area contributed by atoms with Crippen molar-refractivity contribution in [3.63, 3.8) is 0 Å². The molecule has 1 aromatic heterocycles. The summed E-state index contributed by atoms with van der Waals surface area (Å²) in [6.45, 7) is 12.1. The Bertz CT molecular complexity index is 2780. The van der Waals surface area contributed by atoms with E-state index in [1.807, 2.05) is 12.1 Å². The molecule has 0 unspecified atom stereocenters. The maximum absolute atomic E-state index is 14.0. The number of urea groups is 1. The maximum atomic E-state index is 14.0. The third-order valence-electron chi connectivity index (χ3n) is 11.7. The number of aryl methyl sites for hydroxylation is 1. The second-order valence-corrected chi connectivity index (χ2v) is 20.2. The van der Waals surface area contributed by atoms with Gasteiger partial charge in [0.2, 0.25) is 35.4 Å². The van der Waals surface area contributed by atoms with Crippen molar-refractivity contribution in [2.45, 2.75) is 110 Å². The molecule has 0 radical (unpaired) electrons. The van der Waals surface area contributed by atoms with Gasteiger partial charge in [-0.3, -0.25) is 38.9 Å². The number of benzene rings is 3. The Morgan fingerprint density at radius 1 is 0.635 bits per heavy atom. The van der Waals surface area contributed by atoms with Crippen molar-refractivity contribution in [1.29, 1.82) is 0 Å². The van der Waals surface area contributed by atoms with Crippen LogP contribution in [0.25, 0.3) is 11.4 Å². The van der Waals surface area contributed by atoms with Crippen LogP contribution in [-0.2, 0) is 70.2 Å². The van der Waals surface area contributed by atoms with Crippen LogP contribution in [0.3, 0.4) is 0 Å². The molecule has 4 aromatic rings. The number of hydrogen-bond acceptors (Lipinski definition) is 21. The monoisotopic (exact) mass is 1190 g/mol. The third kappa shape index (κ3) is 28.4. The maximum Gasteiger partial charge on any atom is 0.514 e. The van der Waals surface area contributed by atoms with Crippen LogP contribution in [0.4, 0.5) is 21.0 Å². The van der Waals surface area contributed by atoms with Gasteiger partial charge in [0.05, 0.1) is 64.2 Å². The fraction of sp³-hybridized carbons (Fsp3) is 0.500. The Balaban J connectivity index is 1.18. The first kappa shape index (κ1) is 68.7. The summed E-state index contributed by atoms with van der Waals surface area (Å²) in [5.74, 6) is -3.18. The lowest BCUT2D eigenvalue weighted by Gasteiger charge is -2.27. The number of nitrogens with zero attached hydrogens (tertiary/aromatic N) is 5. The van der Waals surface area contributed by atoms with Gasteiger partial charge in [-0.2, -0.15) is 0 Å². The molecule has 0 saturated heterocycles. The second kappa shape index (κ2) is 36.7. The SMILES string of the molecule is Cc1nnc(-c2ccc(CC(=O)NCCOCCOCCOCCOCCC(=O)N[C@@H](CCC(=O)OC(C)(C)C)C(=O)N[C@H](C(=O)N[C@@H](CCCNC(N)=O)C(=O)Nc3ccc(COC(=O)Oc4ccc([N+](=O)[O-])cc4)cc3)C(C)C)cc2)nn1. The average molecular weight is 1190 g/mol. The number of aromatic nitrogens is 4. The molecule has 0 fully saturated rings. The summed E-state index contributed by atoms with van der Waals surface area (Å²) < 4.78 is 37.8. The molecule has 3 atom stereocenters. The number of amides is 7. The van der Waals surface area contributed by atoms with E-state index in [9.17, 15) is 48.5 Å². The summed E-state index contributed by atoms with van der Waals surface area (Å²) in [5, 5.41) is 42.7. The van der Waals surface area contributed by atoms with Gasteiger partial charge >= 0.3 is 18.2 Å². The smallest absolute Gasteiger partial charge is 0.460 e. The molecule has 462 valence electrons. The zero-order valence-corrected chi connectivity index (χ0v) is 48.5. The van der Waals surface area contributed by atoms with E-state index in [0.717, 1.165) is 11.1 Å².